The Morgan fingerprint density at radius 2 is 0.938 bits per heavy atom. The maximum Gasteiger partial charge on any atom is 0.220 e. The van der Waals surface area contributed by atoms with E-state index in [0.29, 0.717) is 52.4 Å². The van der Waals surface area contributed by atoms with Gasteiger partial charge in [0.2, 0.25) is 5.91 Å². The minimum absolute atomic E-state index is 0.0882. The van der Waals surface area contributed by atoms with Gasteiger partial charge in [-0.05, 0) is 62.9 Å². The van der Waals surface area contributed by atoms with Crippen molar-refractivity contribution in [3.8, 4) is 11.5 Å². The van der Waals surface area contributed by atoms with Crippen molar-refractivity contribution in [2.24, 2.45) is 65.8 Å². The standard InChI is InChI=1S/C44H89N17O3/c1-2-3-4-5-6-11-16-40(62)59-36-37-17-18-38(63-33-14-9-7-12-19-53-21-27-60(29-23-55-41(45)46)30-24-56-42(47)48)39(35-37)64-34-15-10-8-13-20-54-22-28-61(31-25-57-43(49)50)32-26-58-44(51)52/h17-18,35,53-54H,2-16,19-34,36H2,1H3,(H,59,62)(H4,45,46,55)(H4,47,48,56)(H4,49,50,57)(H4,51,52,58). The van der Waals surface area contributed by atoms with E-state index in [1.807, 2.05) is 18.2 Å². The number of aliphatic imine (C=N–C) groups is 4. The summed E-state index contributed by atoms with van der Waals surface area (Å²) in [4.78, 5) is 33.4. The normalized spacial score (nSPS) is 11.0. The van der Waals surface area contributed by atoms with Crippen LogP contribution in [0.4, 0.5) is 0 Å². The van der Waals surface area contributed by atoms with Gasteiger partial charge in [-0.2, -0.15) is 0 Å². The average molecular weight is 904 g/mol. The number of hydrogen-bond donors (Lipinski definition) is 11. The Bertz CT molecular complexity index is 1390. The Morgan fingerprint density at radius 1 is 0.516 bits per heavy atom. The van der Waals surface area contributed by atoms with E-state index in [-0.39, 0.29) is 29.7 Å². The zero-order valence-corrected chi connectivity index (χ0v) is 39.4. The van der Waals surface area contributed by atoms with E-state index < -0.39 is 0 Å². The lowest BCUT2D eigenvalue weighted by molar-refractivity contribution is -0.121. The van der Waals surface area contributed by atoms with E-state index in [0.717, 1.165) is 147 Å². The molecule has 0 fully saturated rings. The van der Waals surface area contributed by atoms with Crippen LogP contribution in [0.1, 0.15) is 109 Å². The Morgan fingerprint density at radius 3 is 1.41 bits per heavy atom. The fourth-order valence-corrected chi connectivity index (χ4v) is 6.70. The predicted octanol–water partition coefficient (Wildman–Crippen LogP) is 0.809. The fraction of sp³-hybridized carbons (Fsp3) is 0.750. The summed E-state index contributed by atoms with van der Waals surface area (Å²) in [5.74, 6) is 1.91. The summed E-state index contributed by atoms with van der Waals surface area (Å²) in [6.07, 6.45) is 15.9. The summed E-state index contributed by atoms with van der Waals surface area (Å²) in [6, 6.07) is 6.00. The molecule has 20 nitrogen and oxygen atoms in total. The number of ether oxygens (including phenoxy) is 2. The molecule has 0 saturated heterocycles. The fourth-order valence-electron chi connectivity index (χ4n) is 6.70. The number of nitrogens with two attached hydrogens (primary N) is 8. The zero-order valence-electron chi connectivity index (χ0n) is 39.4. The van der Waals surface area contributed by atoms with Crippen LogP contribution in [-0.2, 0) is 11.3 Å². The summed E-state index contributed by atoms with van der Waals surface area (Å²) in [5, 5.41) is 10.2. The first-order valence-corrected chi connectivity index (χ1v) is 23.7. The monoisotopic (exact) mass is 904 g/mol. The second-order valence-corrected chi connectivity index (χ2v) is 16.0. The third kappa shape index (κ3) is 35.6. The number of benzene rings is 1. The number of carbonyl (C=O) groups excluding carboxylic acids is 1. The molecule has 1 amide bonds. The number of unbranched alkanes of at least 4 members (excludes halogenated alkanes) is 11. The number of carbonyl (C=O) groups is 1. The molecule has 0 heterocycles. The number of amides is 1. The van der Waals surface area contributed by atoms with Crippen LogP contribution < -0.4 is 71.3 Å². The van der Waals surface area contributed by atoms with Crippen LogP contribution in [0.2, 0.25) is 0 Å². The third-order valence-corrected chi connectivity index (χ3v) is 10.3. The zero-order chi connectivity index (χ0) is 46.9. The van der Waals surface area contributed by atoms with Crippen molar-refractivity contribution in [3.63, 3.8) is 0 Å². The summed E-state index contributed by atoms with van der Waals surface area (Å²) >= 11 is 0. The van der Waals surface area contributed by atoms with Crippen molar-refractivity contribution < 1.29 is 14.3 Å². The summed E-state index contributed by atoms with van der Waals surface area (Å²) in [5.41, 5.74) is 44.8. The molecule has 1 aromatic rings. The van der Waals surface area contributed by atoms with Gasteiger partial charge in [-0.25, -0.2) is 0 Å². The van der Waals surface area contributed by atoms with Gasteiger partial charge in [0.25, 0.3) is 0 Å². The number of nitrogens with one attached hydrogen (secondary N) is 3. The number of nitrogens with zero attached hydrogens (tertiary/aromatic N) is 6. The lowest BCUT2D eigenvalue weighted by atomic mass is 10.1. The molecule has 0 aliphatic carbocycles. The highest BCUT2D eigenvalue weighted by atomic mass is 16.5. The Kier molecular flexibility index (Phi) is 35.6. The number of hydrogen-bond acceptors (Lipinski definition) is 11. The van der Waals surface area contributed by atoms with E-state index in [9.17, 15) is 4.79 Å². The lowest BCUT2D eigenvalue weighted by Crippen LogP contribution is -2.37. The van der Waals surface area contributed by atoms with Crippen LogP contribution in [0.15, 0.2) is 38.2 Å². The van der Waals surface area contributed by atoms with Gasteiger partial charge in [-0.15, -0.1) is 0 Å². The molecule has 0 aromatic heterocycles. The highest BCUT2D eigenvalue weighted by molar-refractivity contribution is 5.77. The van der Waals surface area contributed by atoms with E-state index >= 15 is 0 Å². The second kappa shape index (κ2) is 39.8. The van der Waals surface area contributed by atoms with Crippen LogP contribution in [0.5, 0.6) is 11.5 Å². The molecular formula is C44H89N17O3. The first kappa shape index (κ1) is 57.2. The van der Waals surface area contributed by atoms with E-state index in [1.165, 1.54) is 25.7 Å². The number of guanidine groups is 4. The molecule has 1 aromatic carbocycles. The quantitative estimate of drug-likeness (QED) is 0.0245. The number of rotatable bonds is 43. The summed E-state index contributed by atoms with van der Waals surface area (Å²) < 4.78 is 12.6. The summed E-state index contributed by atoms with van der Waals surface area (Å²) in [6.45, 7) is 14.1. The molecule has 0 spiro atoms. The predicted molar refractivity (Wildman–Crippen MR) is 266 cm³/mol. The topological polar surface area (TPSA) is 336 Å². The van der Waals surface area contributed by atoms with Gasteiger partial charge in [0.05, 0.1) is 39.4 Å². The first-order chi connectivity index (χ1) is 31.0. The molecule has 0 bridgehead atoms. The molecule has 0 unspecified atom stereocenters. The van der Waals surface area contributed by atoms with E-state index in [4.69, 9.17) is 55.3 Å². The molecule has 20 heteroatoms. The molecule has 368 valence electrons. The Hall–Kier alpha value is -4.79. The molecule has 0 aliphatic heterocycles. The Balaban J connectivity index is 2.52. The van der Waals surface area contributed by atoms with Gasteiger partial charge >= 0.3 is 0 Å². The van der Waals surface area contributed by atoms with Crippen LogP contribution in [0.3, 0.4) is 0 Å². The summed E-state index contributed by atoms with van der Waals surface area (Å²) in [7, 11) is 0. The molecule has 0 atom stereocenters. The van der Waals surface area contributed by atoms with Crippen LogP contribution in [0, 0.1) is 0 Å². The van der Waals surface area contributed by atoms with Gasteiger partial charge in [0.15, 0.2) is 35.3 Å². The van der Waals surface area contributed by atoms with Gasteiger partial charge in [-0.3, -0.25) is 34.6 Å². The Labute approximate surface area is 384 Å². The SMILES string of the molecule is CCCCCCCCC(=O)NCc1ccc(OCCCCCCNCCN(CCN=C(N)N)CCN=C(N)N)c(OCCCCCCNCCN(CCN=C(N)N)CCN=C(N)N)c1. The second-order valence-electron chi connectivity index (χ2n) is 16.0. The van der Waals surface area contributed by atoms with E-state index in [1.54, 1.807) is 0 Å². The first-order valence-electron chi connectivity index (χ1n) is 23.7. The molecule has 0 radical (unpaired) electrons. The van der Waals surface area contributed by atoms with Crippen molar-refractivity contribution in [2.45, 2.75) is 110 Å². The van der Waals surface area contributed by atoms with Gasteiger partial charge in [0, 0.05) is 65.3 Å². The van der Waals surface area contributed by atoms with Crippen LogP contribution in [0.25, 0.3) is 0 Å². The van der Waals surface area contributed by atoms with Gasteiger partial charge in [0.1, 0.15) is 0 Å². The molecule has 1 rings (SSSR count). The van der Waals surface area contributed by atoms with E-state index in [2.05, 4.69) is 52.6 Å². The van der Waals surface area contributed by atoms with Crippen molar-refractivity contribution >= 4 is 29.7 Å². The molecular weight excluding hydrogens is 815 g/mol. The largest absolute Gasteiger partial charge is 0.490 e. The minimum Gasteiger partial charge on any atom is -0.490 e. The van der Waals surface area contributed by atoms with Gasteiger partial charge < -0.3 is 71.3 Å². The maximum atomic E-state index is 12.6. The minimum atomic E-state index is 0.0882. The van der Waals surface area contributed by atoms with Crippen LogP contribution in [-0.4, -0.2) is 144 Å². The molecule has 19 N–H and O–H groups in total. The van der Waals surface area contributed by atoms with Crippen LogP contribution >= 0.6 is 0 Å². The highest BCUT2D eigenvalue weighted by Crippen LogP contribution is 2.29. The van der Waals surface area contributed by atoms with Crippen molar-refractivity contribution in [3.05, 3.63) is 23.8 Å². The molecule has 0 aliphatic rings. The van der Waals surface area contributed by atoms with Crippen molar-refractivity contribution in [1.29, 1.82) is 0 Å². The maximum absolute atomic E-state index is 12.6. The highest BCUT2D eigenvalue weighted by Gasteiger charge is 2.10. The molecule has 64 heavy (non-hydrogen) atoms. The third-order valence-electron chi connectivity index (χ3n) is 10.3. The van der Waals surface area contributed by atoms with Gasteiger partial charge in [-0.1, -0.05) is 70.8 Å². The molecule has 0 saturated carbocycles. The van der Waals surface area contributed by atoms with Crippen molar-refractivity contribution in [2.75, 3.05) is 105 Å². The smallest absolute Gasteiger partial charge is 0.220 e. The average Bonchev–Trinajstić information content (AvgIpc) is 3.24. The van der Waals surface area contributed by atoms with Crippen molar-refractivity contribution in [1.82, 2.24) is 25.8 Å². The lowest BCUT2D eigenvalue weighted by Gasteiger charge is -2.21.